The molecule has 0 aromatic heterocycles. The Balaban J connectivity index is 2.57. The predicted octanol–water partition coefficient (Wildman–Crippen LogP) is 0.942. The van der Waals surface area contributed by atoms with Crippen molar-refractivity contribution in [2.45, 2.75) is 50.7 Å². The lowest BCUT2D eigenvalue weighted by Gasteiger charge is -2.49. The van der Waals surface area contributed by atoms with Gasteiger partial charge in [0, 0.05) is 24.7 Å². The highest BCUT2D eigenvalue weighted by molar-refractivity contribution is 5.75. The average Bonchev–Trinajstić information content (AvgIpc) is 2.30. The zero-order valence-corrected chi connectivity index (χ0v) is 13.9. The average molecular weight is 285 g/mol. The zero-order chi connectivity index (χ0) is 15.3. The first-order chi connectivity index (χ1) is 9.30. The molecule has 0 spiro atoms. The fourth-order valence-electron chi connectivity index (χ4n) is 2.95. The van der Waals surface area contributed by atoms with Crippen LogP contribution in [0.4, 0.5) is 0 Å². The maximum atomic E-state index is 11.8. The van der Waals surface area contributed by atoms with Gasteiger partial charge >= 0.3 is 5.97 Å². The van der Waals surface area contributed by atoms with Crippen molar-refractivity contribution in [3.8, 4) is 0 Å². The molecule has 20 heavy (non-hydrogen) atoms. The maximum Gasteiger partial charge on any atom is 0.324 e. The van der Waals surface area contributed by atoms with Crippen molar-refractivity contribution in [3.05, 3.63) is 0 Å². The SMILES string of the molecule is COC(=O)C(CN(C)CC1(N(C)C)CCC1)NC(C)C. The molecule has 1 unspecified atom stereocenters. The van der Waals surface area contributed by atoms with Crippen LogP contribution >= 0.6 is 0 Å². The number of hydrogen-bond acceptors (Lipinski definition) is 5. The van der Waals surface area contributed by atoms with Crippen LogP contribution in [-0.2, 0) is 9.53 Å². The van der Waals surface area contributed by atoms with E-state index < -0.39 is 0 Å². The second-order valence-electron chi connectivity index (χ2n) is 6.57. The Morgan fingerprint density at radius 3 is 2.25 bits per heavy atom. The fourth-order valence-corrected chi connectivity index (χ4v) is 2.95. The molecule has 1 rings (SSSR count). The number of nitrogens with zero attached hydrogens (tertiary/aromatic N) is 2. The standard InChI is InChI=1S/C15H31N3O2/c1-12(2)16-13(14(19)20-6)10-18(5)11-15(17(3)4)8-7-9-15/h12-13,16H,7-11H2,1-6H3. The lowest BCUT2D eigenvalue weighted by Crippen LogP contribution is -2.58. The molecule has 0 aliphatic heterocycles. The van der Waals surface area contributed by atoms with Crippen molar-refractivity contribution in [1.29, 1.82) is 0 Å². The molecule has 5 nitrogen and oxygen atoms in total. The van der Waals surface area contributed by atoms with Crippen LogP contribution in [0, 0.1) is 0 Å². The summed E-state index contributed by atoms with van der Waals surface area (Å²) in [5.41, 5.74) is 0.285. The summed E-state index contributed by atoms with van der Waals surface area (Å²) in [6, 6.07) is 0.00306. The van der Waals surface area contributed by atoms with E-state index in [4.69, 9.17) is 4.74 Å². The van der Waals surface area contributed by atoms with Gasteiger partial charge in [0.05, 0.1) is 7.11 Å². The Labute approximate surface area is 123 Å². The quantitative estimate of drug-likeness (QED) is 0.673. The summed E-state index contributed by atoms with van der Waals surface area (Å²) in [6.07, 6.45) is 3.78. The summed E-state index contributed by atoms with van der Waals surface area (Å²) < 4.78 is 4.89. The van der Waals surface area contributed by atoms with Gasteiger partial charge < -0.3 is 19.9 Å². The topological polar surface area (TPSA) is 44.8 Å². The van der Waals surface area contributed by atoms with Gasteiger partial charge in [0.15, 0.2) is 0 Å². The summed E-state index contributed by atoms with van der Waals surface area (Å²) in [5.74, 6) is -0.182. The second kappa shape index (κ2) is 7.38. The van der Waals surface area contributed by atoms with E-state index in [1.165, 1.54) is 26.4 Å². The number of nitrogens with one attached hydrogen (secondary N) is 1. The molecule has 1 aliphatic carbocycles. The van der Waals surface area contributed by atoms with Crippen LogP contribution < -0.4 is 5.32 Å². The number of ether oxygens (including phenoxy) is 1. The maximum absolute atomic E-state index is 11.8. The van der Waals surface area contributed by atoms with Crippen LogP contribution in [-0.4, -0.2) is 74.7 Å². The number of carbonyl (C=O) groups excluding carboxylic acids is 1. The molecule has 1 aliphatic rings. The molecule has 0 heterocycles. The van der Waals surface area contributed by atoms with E-state index in [9.17, 15) is 4.79 Å². The van der Waals surface area contributed by atoms with Crippen LogP contribution in [0.2, 0.25) is 0 Å². The molecule has 1 fully saturated rings. The molecule has 1 saturated carbocycles. The normalized spacial score (nSPS) is 19.2. The van der Waals surface area contributed by atoms with E-state index >= 15 is 0 Å². The van der Waals surface area contributed by atoms with Crippen molar-refractivity contribution in [2.75, 3.05) is 41.3 Å². The van der Waals surface area contributed by atoms with Crippen LogP contribution in [0.3, 0.4) is 0 Å². The Hall–Kier alpha value is -0.650. The monoisotopic (exact) mass is 285 g/mol. The summed E-state index contributed by atoms with van der Waals surface area (Å²) in [7, 11) is 7.83. The minimum absolute atomic E-state index is 0.182. The highest BCUT2D eigenvalue weighted by Crippen LogP contribution is 2.36. The van der Waals surface area contributed by atoms with E-state index in [0.29, 0.717) is 6.54 Å². The summed E-state index contributed by atoms with van der Waals surface area (Å²) >= 11 is 0. The second-order valence-corrected chi connectivity index (χ2v) is 6.57. The summed E-state index contributed by atoms with van der Waals surface area (Å²) in [5, 5.41) is 3.28. The number of likely N-dealkylation sites (N-methyl/N-ethyl adjacent to an activating group) is 2. The first kappa shape index (κ1) is 17.4. The van der Waals surface area contributed by atoms with Crippen LogP contribution in [0.15, 0.2) is 0 Å². The van der Waals surface area contributed by atoms with Gasteiger partial charge in [-0.3, -0.25) is 4.79 Å². The Kier molecular flexibility index (Phi) is 6.43. The first-order valence-electron chi connectivity index (χ1n) is 7.50. The van der Waals surface area contributed by atoms with Crippen molar-refractivity contribution < 1.29 is 9.53 Å². The van der Waals surface area contributed by atoms with E-state index in [-0.39, 0.29) is 23.6 Å². The van der Waals surface area contributed by atoms with Gasteiger partial charge in [-0.2, -0.15) is 0 Å². The van der Waals surface area contributed by atoms with Crippen molar-refractivity contribution in [1.82, 2.24) is 15.1 Å². The molecular weight excluding hydrogens is 254 g/mol. The molecule has 1 atom stereocenters. The van der Waals surface area contributed by atoms with E-state index in [2.05, 4.69) is 36.3 Å². The van der Waals surface area contributed by atoms with Crippen LogP contribution in [0.25, 0.3) is 0 Å². The molecule has 0 aromatic carbocycles. The fraction of sp³-hybridized carbons (Fsp3) is 0.933. The minimum atomic E-state index is -0.260. The van der Waals surface area contributed by atoms with E-state index in [0.717, 1.165) is 6.54 Å². The van der Waals surface area contributed by atoms with Crippen molar-refractivity contribution in [3.63, 3.8) is 0 Å². The largest absolute Gasteiger partial charge is 0.468 e. The highest BCUT2D eigenvalue weighted by atomic mass is 16.5. The Morgan fingerprint density at radius 1 is 1.30 bits per heavy atom. The van der Waals surface area contributed by atoms with E-state index in [1.807, 2.05) is 13.8 Å². The van der Waals surface area contributed by atoms with Crippen molar-refractivity contribution in [2.24, 2.45) is 0 Å². The van der Waals surface area contributed by atoms with Crippen molar-refractivity contribution >= 4 is 5.97 Å². The number of esters is 1. The minimum Gasteiger partial charge on any atom is -0.468 e. The molecule has 0 aromatic rings. The molecular formula is C15H31N3O2. The van der Waals surface area contributed by atoms with Gasteiger partial charge in [-0.05, 0) is 40.4 Å². The van der Waals surface area contributed by atoms with E-state index in [1.54, 1.807) is 0 Å². The third-order valence-corrected chi connectivity index (χ3v) is 4.31. The van der Waals surface area contributed by atoms with Gasteiger partial charge in [-0.25, -0.2) is 0 Å². The predicted molar refractivity (Wildman–Crippen MR) is 81.8 cm³/mol. The molecule has 5 heteroatoms. The van der Waals surface area contributed by atoms with Gasteiger partial charge in [0.2, 0.25) is 0 Å². The molecule has 1 N–H and O–H groups in total. The number of carbonyl (C=O) groups is 1. The van der Waals surface area contributed by atoms with Gasteiger partial charge in [0.25, 0.3) is 0 Å². The third kappa shape index (κ3) is 4.43. The molecule has 0 saturated heterocycles. The zero-order valence-electron chi connectivity index (χ0n) is 13.9. The number of rotatable bonds is 8. The van der Waals surface area contributed by atoms with Gasteiger partial charge in [-0.15, -0.1) is 0 Å². The Morgan fingerprint density at radius 2 is 1.90 bits per heavy atom. The first-order valence-corrected chi connectivity index (χ1v) is 7.50. The molecule has 0 bridgehead atoms. The Bertz CT molecular complexity index is 314. The molecule has 0 amide bonds. The van der Waals surface area contributed by atoms with Crippen LogP contribution in [0.1, 0.15) is 33.1 Å². The van der Waals surface area contributed by atoms with Gasteiger partial charge in [-0.1, -0.05) is 13.8 Å². The molecule has 118 valence electrons. The third-order valence-electron chi connectivity index (χ3n) is 4.31. The highest BCUT2D eigenvalue weighted by Gasteiger charge is 2.40. The van der Waals surface area contributed by atoms with Gasteiger partial charge in [0.1, 0.15) is 6.04 Å². The smallest absolute Gasteiger partial charge is 0.324 e. The number of hydrogen-bond donors (Lipinski definition) is 1. The summed E-state index contributed by atoms with van der Waals surface area (Å²) in [4.78, 5) is 16.4. The lowest BCUT2D eigenvalue weighted by molar-refractivity contribution is -0.144. The number of methoxy groups -OCH3 is 1. The van der Waals surface area contributed by atoms with Crippen LogP contribution in [0.5, 0.6) is 0 Å². The lowest BCUT2D eigenvalue weighted by atomic mass is 9.75. The molecule has 0 radical (unpaired) electrons. The summed E-state index contributed by atoms with van der Waals surface area (Å²) in [6.45, 7) is 5.76.